The Labute approximate surface area is 194 Å². The topological polar surface area (TPSA) is 147 Å². The summed E-state index contributed by atoms with van der Waals surface area (Å²) in [6.07, 6.45) is 12.2. The molecule has 0 aromatic heterocycles. The van der Waals surface area contributed by atoms with Gasteiger partial charge in [0.1, 0.15) is 12.7 Å². The second-order valence-electron chi connectivity index (χ2n) is 7.70. The molecule has 0 aliphatic rings. The fourth-order valence-electron chi connectivity index (χ4n) is 2.40. The van der Waals surface area contributed by atoms with E-state index in [1.54, 1.807) is 0 Å². The third kappa shape index (κ3) is 38.9. The van der Waals surface area contributed by atoms with Crippen molar-refractivity contribution in [2.24, 2.45) is 0 Å². The van der Waals surface area contributed by atoms with Crippen LogP contribution in [0.5, 0.6) is 0 Å². The summed E-state index contributed by atoms with van der Waals surface area (Å²) >= 11 is 0. The Balaban J connectivity index is -0.000000411. The van der Waals surface area contributed by atoms with E-state index in [2.05, 4.69) is 20.8 Å². The smallest absolute Gasteiger partial charge is 0.305 e. The van der Waals surface area contributed by atoms with Crippen LogP contribution >= 0.6 is 0 Å². The molecule has 0 fully saturated rings. The Bertz CT molecular complexity index is 404. The van der Waals surface area contributed by atoms with Gasteiger partial charge in [-0.3, -0.25) is 4.79 Å². The Hall–Kier alpha value is -1.67. The lowest BCUT2D eigenvalue weighted by atomic mass is 10.2. The highest BCUT2D eigenvalue weighted by Crippen LogP contribution is 2.04. The highest BCUT2D eigenvalue weighted by Gasteiger charge is 2.06. The number of carbonyl (C=O) groups excluding carboxylic acids is 3. The van der Waals surface area contributed by atoms with Crippen molar-refractivity contribution in [3.05, 3.63) is 0 Å². The van der Waals surface area contributed by atoms with Crippen molar-refractivity contribution in [2.75, 3.05) is 13.2 Å². The van der Waals surface area contributed by atoms with Gasteiger partial charge in [0.05, 0.1) is 6.61 Å². The van der Waals surface area contributed by atoms with Gasteiger partial charge in [0.15, 0.2) is 0 Å². The molecule has 0 bridgehead atoms. The van der Waals surface area contributed by atoms with E-state index in [9.17, 15) is 24.6 Å². The second-order valence-corrected chi connectivity index (χ2v) is 7.70. The fourth-order valence-corrected chi connectivity index (χ4v) is 2.40. The van der Waals surface area contributed by atoms with Crippen LogP contribution in [0, 0.1) is 0 Å². The predicted octanol–water partition coefficient (Wildman–Crippen LogP) is 2.27. The number of unbranched alkanes of at least 4 members (excludes halogenated alkanes) is 9. The van der Waals surface area contributed by atoms with E-state index in [0.717, 1.165) is 77.0 Å². The van der Waals surface area contributed by atoms with Crippen LogP contribution in [0.3, 0.4) is 0 Å². The zero-order chi connectivity index (χ0) is 25.0. The summed E-state index contributed by atoms with van der Waals surface area (Å²) in [7, 11) is 0. The highest BCUT2D eigenvalue weighted by atomic mass is 16.5. The molecule has 0 spiro atoms. The summed E-state index contributed by atoms with van der Waals surface area (Å²) in [5.74, 6) is -2.15. The molecule has 2 N–H and O–H groups in total. The minimum atomic E-state index is -0.949. The van der Waals surface area contributed by atoms with Crippen LogP contribution in [0.4, 0.5) is 0 Å². The van der Waals surface area contributed by atoms with Gasteiger partial charge in [-0.1, -0.05) is 78.6 Å². The number of aliphatic hydroxyl groups is 2. The van der Waals surface area contributed by atoms with E-state index in [1.165, 1.54) is 0 Å². The van der Waals surface area contributed by atoms with Gasteiger partial charge in [0.2, 0.25) is 0 Å². The molecule has 0 saturated heterocycles. The highest BCUT2D eigenvalue weighted by molar-refractivity contribution is 5.69. The van der Waals surface area contributed by atoms with Gasteiger partial charge in [0, 0.05) is 18.4 Å². The number of carbonyl (C=O) groups is 3. The van der Waals surface area contributed by atoms with Gasteiger partial charge in [-0.15, -0.1) is 0 Å². The summed E-state index contributed by atoms with van der Waals surface area (Å²) in [5, 5.41) is 37.0. The number of ether oxygens (including phenoxy) is 1. The molecular formula is C24H46O8-2. The molecule has 32 heavy (non-hydrogen) atoms. The lowest BCUT2D eigenvalue weighted by molar-refractivity contribution is -0.307. The first-order valence-corrected chi connectivity index (χ1v) is 12.1. The number of rotatable bonds is 18. The van der Waals surface area contributed by atoms with Crippen molar-refractivity contribution >= 4 is 17.9 Å². The van der Waals surface area contributed by atoms with Gasteiger partial charge in [-0.05, 0) is 32.1 Å². The molecule has 0 rings (SSSR count). The van der Waals surface area contributed by atoms with Crippen LogP contribution < -0.4 is 10.2 Å². The van der Waals surface area contributed by atoms with Crippen molar-refractivity contribution in [1.29, 1.82) is 0 Å². The molecule has 1 unspecified atom stereocenters. The van der Waals surface area contributed by atoms with Crippen LogP contribution in [0.1, 0.15) is 117 Å². The first kappa shape index (κ1) is 34.9. The molecule has 0 aliphatic carbocycles. The van der Waals surface area contributed by atoms with Gasteiger partial charge in [0.25, 0.3) is 0 Å². The zero-order valence-electron chi connectivity index (χ0n) is 20.4. The van der Waals surface area contributed by atoms with Crippen molar-refractivity contribution in [3.63, 3.8) is 0 Å². The fraction of sp³-hybridized carbons (Fsp3) is 0.875. The first-order chi connectivity index (χ1) is 15.2. The maximum absolute atomic E-state index is 11.0. The number of carboxylic acid groups (broad SMARTS) is 2. The summed E-state index contributed by atoms with van der Waals surface area (Å²) in [4.78, 5) is 30.7. The third-order valence-corrected chi connectivity index (χ3v) is 4.35. The molecule has 1 atom stereocenters. The van der Waals surface area contributed by atoms with Crippen molar-refractivity contribution < 1.29 is 39.5 Å². The lowest BCUT2D eigenvalue weighted by Crippen LogP contribution is -2.21. The molecule has 0 aromatic carbocycles. The molecule has 0 aliphatic heterocycles. The van der Waals surface area contributed by atoms with E-state index < -0.39 is 18.0 Å². The molecule has 0 radical (unpaired) electrons. The second kappa shape index (κ2) is 29.3. The maximum atomic E-state index is 11.0. The molecule has 0 saturated carbocycles. The van der Waals surface area contributed by atoms with Crippen LogP contribution in [0.25, 0.3) is 0 Å². The molecule has 0 aromatic rings. The van der Waals surface area contributed by atoms with E-state index in [4.69, 9.17) is 14.9 Å². The zero-order valence-corrected chi connectivity index (χ0v) is 20.4. The molecule has 0 amide bonds. The summed E-state index contributed by atoms with van der Waals surface area (Å²) in [5.41, 5.74) is 0. The SMILES string of the molecule is CCCCCCC(=O)OCC(O)CO.CCCCCCC(=O)[O-].CCCCCCC(=O)[O-]. The molecule has 0 heterocycles. The number of aliphatic hydroxyl groups excluding tert-OH is 2. The van der Waals surface area contributed by atoms with Crippen molar-refractivity contribution in [3.8, 4) is 0 Å². The summed E-state index contributed by atoms with van der Waals surface area (Å²) < 4.78 is 4.73. The summed E-state index contributed by atoms with van der Waals surface area (Å²) in [6, 6.07) is 0. The standard InChI is InChI=1S/C10H20O4.2C7H14O2/c1-2-3-4-5-6-10(13)14-8-9(12)7-11;2*1-2-3-4-5-6-7(8)9/h9,11-12H,2-8H2,1H3;2*2-6H2,1H3,(H,8,9)/p-2. The third-order valence-electron chi connectivity index (χ3n) is 4.35. The number of hydrogen-bond donors (Lipinski definition) is 2. The summed E-state index contributed by atoms with van der Waals surface area (Å²) in [6.45, 7) is 5.82. The van der Waals surface area contributed by atoms with Crippen LogP contribution in [0.15, 0.2) is 0 Å². The van der Waals surface area contributed by atoms with Crippen LogP contribution in [0.2, 0.25) is 0 Å². The quantitative estimate of drug-likeness (QED) is 0.233. The Morgan fingerprint density at radius 3 is 1.38 bits per heavy atom. The van der Waals surface area contributed by atoms with Gasteiger partial charge >= 0.3 is 5.97 Å². The van der Waals surface area contributed by atoms with Gasteiger partial charge < -0.3 is 34.8 Å². The predicted molar refractivity (Wildman–Crippen MR) is 120 cm³/mol. The van der Waals surface area contributed by atoms with Crippen molar-refractivity contribution in [1.82, 2.24) is 0 Å². The Morgan fingerprint density at radius 1 is 0.688 bits per heavy atom. The van der Waals surface area contributed by atoms with Gasteiger partial charge in [-0.25, -0.2) is 0 Å². The maximum Gasteiger partial charge on any atom is 0.305 e. The number of carboxylic acids is 2. The molecule has 8 heteroatoms. The van der Waals surface area contributed by atoms with Crippen LogP contribution in [-0.4, -0.2) is 47.4 Å². The van der Waals surface area contributed by atoms with Crippen molar-refractivity contribution in [2.45, 2.75) is 123 Å². The molecule has 8 nitrogen and oxygen atoms in total. The van der Waals surface area contributed by atoms with E-state index >= 15 is 0 Å². The first-order valence-electron chi connectivity index (χ1n) is 12.1. The minimum Gasteiger partial charge on any atom is -0.550 e. The van der Waals surface area contributed by atoms with E-state index in [0.29, 0.717) is 6.42 Å². The number of aliphatic carboxylic acids is 2. The average Bonchev–Trinajstić information content (AvgIpc) is 2.76. The molecular weight excluding hydrogens is 416 g/mol. The normalized spacial score (nSPS) is 10.8. The minimum absolute atomic E-state index is 0.108. The number of hydrogen-bond acceptors (Lipinski definition) is 8. The lowest BCUT2D eigenvalue weighted by Gasteiger charge is -2.07. The largest absolute Gasteiger partial charge is 0.550 e. The van der Waals surface area contributed by atoms with E-state index in [-0.39, 0.29) is 32.0 Å². The van der Waals surface area contributed by atoms with Gasteiger partial charge in [-0.2, -0.15) is 0 Å². The average molecular weight is 463 g/mol. The number of esters is 1. The monoisotopic (exact) mass is 462 g/mol. The van der Waals surface area contributed by atoms with E-state index in [1.807, 2.05) is 0 Å². The Kier molecular flexibility index (Phi) is 32.0. The van der Waals surface area contributed by atoms with Crippen LogP contribution in [-0.2, 0) is 19.1 Å². The molecule has 192 valence electrons. The Morgan fingerprint density at radius 2 is 1.06 bits per heavy atom.